The van der Waals surface area contributed by atoms with Gasteiger partial charge in [-0.2, -0.15) is 0 Å². The fourth-order valence-electron chi connectivity index (χ4n) is 1.96. The van der Waals surface area contributed by atoms with E-state index in [2.05, 4.69) is 4.90 Å². The minimum atomic E-state index is -1.74. The first kappa shape index (κ1) is 12.8. The second-order valence-electron chi connectivity index (χ2n) is 4.04. The highest BCUT2D eigenvalue weighted by atomic mass is 35.5. The van der Waals surface area contributed by atoms with Crippen LogP contribution in [0.4, 0.5) is 5.69 Å². The number of rotatable bonds is 3. The Morgan fingerprint density at radius 1 is 1.29 bits per heavy atom. The molecular formula is C11H15ClN2O2S. The zero-order chi connectivity index (χ0) is 12.3. The highest BCUT2D eigenvalue weighted by molar-refractivity contribution is 7.79. The lowest BCUT2D eigenvalue weighted by molar-refractivity contribution is 0.292. The quantitative estimate of drug-likeness (QED) is 0.851. The molecule has 0 amide bonds. The lowest BCUT2D eigenvalue weighted by Gasteiger charge is -2.35. The summed E-state index contributed by atoms with van der Waals surface area (Å²) in [6.45, 7) is 3.33. The normalized spacial score (nSPS) is 19.3. The van der Waals surface area contributed by atoms with E-state index in [0.717, 1.165) is 36.9 Å². The Morgan fingerprint density at radius 2 is 2.00 bits per heavy atom. The van der Waals surface area contributed by atoms with E-state index in [1.807, 2.05) is 29.2 Å². The van der Waals surface area contributed by atoms with Crippen molar-refractivity contribution in [3.05, 3.63) is 29.3 Å². The molecule has 1 saturated heterocycles. The Balaban J connectivity index is 1.93. The van der Waals surface area contributed by atoms with Crippen LogP contribution in [0, 0.1) is 0 Å². The molecule has 0 radical (unpaired) electrons. The number of benzene rings is 1. The van der Waals surface area contributed by atoms with E-state index >= 15 is 0 Å². The Labute approximate surface area is 108 Å². The number of hydrogen-bond acceptors (Lipinski definition) is 3. The molecule has 1 atom stereocenters. The third kappa shape index (κ3) is 3.67. The van der Waals surface area contributed by atoms with Gasteiger partial charge in [0, 0.05) is 36.9 Å². The van der Waals surface area contributed by atoms with Crippen molar-refractivity contribution in [1.82, 2.24) is 4.90 Å². The molecule has 0 bridgehead atoms. The summed E-state index contributed by atoms with van der Waals surface area (Å²) in [5.74, 6) is 0.239. The van der Waals surface area contributed by atoms with E-state index < -0.39 is 11.1 Å². The Hall–Kier alpha value is -0.620. The lowest BCUT2D eigenvalue weighted by Crippen LogP contribution is -2.47. The largest absolute Gasteiger partial charge is 0.369 e. The maximum atomic E-state index is 10.7. The van der Waals surface area contributed by atoms with Gasteiger partial charge in [-0.25, -0.2) is 4.21 Å². The fourth-order valence-corrected chi connectivity index (χ4v) is 2.72. The van der Waals surface area contributed by atoms with Gasteiger partial charge in [0.25, 0.3) is 0 Å². The highest BCUT2D eigenvalue weighted by Gasteiger charge is 2.18. The van der Waals surface area contributed by atoms with Gasteiger partial charge >= 0.3 is 0 Å². The molecule has 0 spiro atoms. The summed E-state index contributed by atoms with van der Waals surface area (Å²) in [5.41, 5.74) is 1.11. The van der Waals surface area contributed by atoms with Gasteiger partial charge in [-0.05, 0) is 18.2 Å². The van der Waals surface area contributed by atoms with Gasteiger partial charge in [-0.1, -0.05) is 17.7 Å². The van der Waals surface area contributed by atoms with Crippen LogP contribution in [-0.4, -0.2) is 45.7 Å². The summed E-state index contributed by atoms with van der Waals surface area (Å²) in [6, 6.07) is 7.77. The van der Waals surface area contributed by atoms with Crippen molar-refractivity contribution in [2.24, 2.45) is 0 Å². The summed E-state index contributed by atoms with van der Waals surface area (Å²) >= 11 is 4.22. The average Bonchev–Trinajstić information content (AvgIpc) is 2.29. The molecule has 1 unspecified atom stereocenters. The van der Waals surface area contributed by atoms with Gasteiger partial charge in [0.2, 0.25) is 0 Å². The number of nitrogens with zero attached hydrogens (tertiary/aromatic N) is 2. The third-order valence-electron chi connectivity index (χ3n) is 2.84. The second-order valence-corrected chi connectivity index (χ2v) is 5.37. The first-order chi connectivity index (χ1) is 8.15. The molecule has 6 heteroatoms. The van der Waals surface area contributed by atoms with Crippen LogP contribution in [0.15, 0.2) is 24.3 Å². The van der Waals surface area contributed by atoms with Crippen molar-refractivity contribution in [3.8, 4) is 0 Å². The van der Waals surface area contributed by atoms with E-state index in [4.69, 9.17) is 16.2 Å². The summed E-state index contributed by atoms with van der Waals surface area (Å²) in [6.07, 6.45) is 0. The standard InChI is InChI=1S/C11H15ClN2O2S/c12-10-2-1-3-11(8-10)14-6-4-13(5-7-14)9-17(15)16/h1-3,8H,4-7,9H2,(H,15,16). The maximum Gasteiger partial charge on any atom is 0.167 e. The van der Waals surface area contributed by atoms with E-state index in [-0.39, 0.29) is 5.88 Å². The first-order valence-electron chi connectivity index (χ1n) is 5.45. The molecule has 4 nitrogen and oxygen atoms in total. The molecule has 1 N–H and O–H groups in total. The molecule has 17 heavy (non-hydrogen) atoms. The molecular weight excluding hydrogens is 260 g/mol. The fraction of sp³-hybridized carbons (Fsp3) is 0.455. The first-order valence-corrected chi connectivity index (χ1v) is 7.11. The van der Waals surface area contributed by atoms with Crippen LogP contribution in [0.5, 0.6) is 0 Å². The Kier molecular flexibility index (Phi) is 4.39. The van der Waals surface area contributed by atoms with Gasteiger partial charge in [0.05, 0.1) is 0 Å². The van der Waals surface area contributed by atoms with Crippen LogP contribution in [0.2, 0.25) is 5.02 Å². The molecule has 1 fully saturated rings. The van der Waals surface area contributed by atoms with E-state index in [1.165, 1.54) is 0 Å². The molecule has 0 saturated carbocycles. The Bertz CT molecular complexity index is 408. The second kappa shape index (κ2) is 5.82. The number of anilines is 1. The summed E-state index contributed by atoms with van der Waals surface area (Å²) in [4.78, 5) is 4.24. The van der Waals surface area contributed by atoms with Gasteiger partial charge in [0.15, 0.2) is 11.1 Å². The average molecular weight is 275 g/mol. The number of piperazine rings is 1. The van der Waals surface area contributed by atoms with Crippen LogP contribution in [0.3, 0.4) is 0 Å². The van der Waals surface area contributed by atoms with Crippen LogP contribution in [0.1, 0.15) is 0 Å². The zero-order valence-corrected chi connectivity index (χ0v) is 11.0. The van der Waals surface area contributed by atoms with Gasteiger partial charge < -0.3 is 9.45 Å². The molecule has 1 aliphatic heterocycles. The highest BCUT2D eigenvalue weighted by Crippen LogP contribution is 2.20. The van der Waals surface area contributed by atoms with Crippen molar-refractivity contribution in [3.63, 3.8) is 0 Å². The maximum absolute atomic E-state index is 10.7. The topological polar surface area (TPSA) is 43.8 Å². The van der Waals surface area contributed by atoms with Crippen molar-refractivity contribution >= 4 is 28.4 Å². The number of halogens is 1. The van der Waals surface area contributed by atoms with E-state index in [1.54, 1.807) is 0 Å². The summed E-state index contributed by atoms with van der Waals surface area (Å²) < 4.78 is 19.5. The monoisotopic (exact) mass is 274 g/mol. The van der Waals surface area contributed by atoms with Crippen LogP contribution in [-0.2, 0) is 11.1 Å². The summed E-state index contributed by atoms with van der Waals surface area (Å²) in [7, 11) is 0. The van der Waals surface area contributed by atoms with Crippen LogP contribution < -0.4 is 4.90 Å². The van der Waals surface area contributed by atoms with Crippen molar-refractivity contribution in [2.45, 2.75) is 0 Å². The molecule has 94 valence electrons. The predicted octanol–water partition coefficient (Wildman–Crippen LogP) is 1.64. The minimum absolute atomic E-state index is 0.239. The molecule has 0 aromatic heterocycles. The molecule has 1 aromatic carbocycles. The van der Waals surface area contributed by atoms with Crippen molar-refractivity contribution in [1.29, 1.82) is 0 Å². The van der Waals surface area contributed by atoms with Gasteiger partial charge in [-0.3, -0.25) is 4.90 Å². The molecule has 1 aliphatic rings. The van der Waals surface area contributed by atoms with Gasteiger partial charge in [-0.15, -0.1) is 0 Å². The van der Waals surface area contributed by atoms with Crippen molar-refractivity contribution < 1.29 is 8.76 Å². The summed E-state index contributed by atoms with van der Waals surface area (Å²) in [5, 5.41) is 0.737. The van der Waals surface area contributed by atoms with Crippen LogP contribution in [0.25, 0.3) is 0 Å². The molecule has 1 aromatic rings. The van der Waals surface area contributed by atoms with E-state index in [0.29, 0.717) is 0 Å². The van der Waals surface area contributed by atoms with Crippen LogP contribution >= 0.6 is 11.6 Å². The van der Waals surface area contributed by atoms with Gasteiger partial charge in [0.1, 0.15) is 5.88 Å². The molecule has 0 aliphatic carbocycles. The Morgan fingerprint density at radius 3 is 2.59 bits per heavy atom. The lowest BCUT2D eigenvalue weighted by atomic mass is 10.2. The zero-order valence-electron chi connectivity index (χ0n) is 9.38. The van der Waals surface area contributed by atoms with E-state index in [9.17, 15) is 4.21 Å². The predicted molar refractivity (Wildman–Crippen MR) is 70.9 cm³/mol. The number of hydrogen-bond donors (Lipinski definition) is 1. The molecule has 1 heterocycles. The SMILES string of the molecule is O=S(O)CN1CCN(c2cccc(Cl)c2)CC1. The van der Waals surface area contributed by atoms with Crippen molar-refractivity contribution in [2.75, 3.05) is 37.0 Å². The third-order valence-corrected chi connectivity index (χ3v) is 3.66. The minimum Gasteiger partial charge on any atom is -0.369 e. The molecule has 2 rings (SSSR count). The smallest absolute Gasteiger partial charge is 0.167 e.